The van der Waals surface area contributed by atoms with Crippen molar-refractivity contribution in [3.8, 4) is 11.6 Å². The lowest BCUT2D eigenvalue weighted by Crippen LogP contribution is -2.18. The van der Waals surface area contributed by atoms with E-state index >= 15 is 0 Å². The first-order valence-electron chi connectivity index (χ1n) is 6.72. The number of pyridine rings is 1. The van der Waals surface area contributed by atoms with Gasteiger partial charge in [0.05, 0.1) is 0 Å². The van der Waals surface area contributed by atoms with E-state index < -0.39 is 0 Å². The van der Waals surface area contributed by atoms with Crippen LogP contribution in [0.3, 0.4) is 0 Å². The molecule has 1 aromatic heterocycles. The summed E-state index contributed by atoms with van der Waals surface area (Å²) in [7, 11) is 0. The topological polar surface area (TPSA) is 34.1 Å². The van der Waals surface area contributed by atoms with Gasteiger partial charge < -0.3 is 10.1 Å². The number of benzene rings is 1. The van der Waals surface area contributed by atoms with E-state index in [2.05, 4.69) is 24.1 Å². The fourth-order valence-electron chi connectivity index (χ4n) is 1.73. The van der Waals surface area contributed by atoms with E-state index in [4.69, 9.17) is 16.3 Å². The Kier molecular flexibility index (Phi) is 5.39. The number of rotatable bonds is 6. The molecule has 4 heteroatoms. The number of halogens is 1. The average molecular weight is 291 g/mol. The first-order chi connectivity index (χ1) is 9.63. The van der Waals surface area contributed by atoms with E-state index in [9.17, 15) is 0 Å². The Morgan fingerprint density at radius 3 is 2.75 bits per heavy atom. The van der Waals surface area contributed by atoms with Crippen LogP contribution in [0.25, 0.3) is 0 Å². The maximum atomic E-state index is 5.91. The standard InChI is InChI=1S/C16H19ClN2O/c1-12(2)9-18-10-13-6-7-16(19-11-13)20-15-5-3-4-14(17)8-15/h3-8,11-12,18H,9-10H2,1-2H3. The summed E-state index contributed by atoms with van der Waals surface area (Å²) in [6.45, 7) is 6.20. The molecular formula is C16H19ClN2O. The van der Waals surface area contributed by atoms with Crippen LogP contribution in [0.15, 0.2) is 42.6 Å². The highest BCUT2D eigenvalue weighted by atomic mass is 35.5. The Hall–Kier alpha value is -1.58. The SMILES string of the molecule is CC(C)CNCc1ccc(Oc2cccc(Cl)c2)nc1. The summed E-state index contributed by atoms with van der Waals surface area (Å²) in [5.41, 5.74) is 1.14. The van der Waals surface area contributed by atoms with Crippen LogP contribution in [0.1, 0.15) is 19.4 Å². The van der Waals surface area contributed by atoms with Gasteiger partial charge in [0.15, 0.2) is 0 Å². The number of nitrogens with zero attached hydrogens (tertiary/aromatic N) is 1. The molecule has 0 bridgehead atoms. The van der Waals surface area contributed by atoms with Gasteiger partial charge in [0.1, 0.15) is 5.75 Å². The molecule has 0 aliphatic rings. The van der Waals surface area contributed by atoms with E-state index in [0.717, 1.165) is 18.7 Å². The lowest BCUT2D eigenvalue weighted by molar-refractivity contribution is 0.462. The highest BCUT2D eigenvalue weighted by Crippen LogP contribution is 2.22. The monoisotopic (exact) mass is 290 g/mol. The summed E-state index contributed by atoms with van der Waals surface area (Å²) >= 11 is 5.91. The Morgan fingerprint density at radius 1 is 1.25 bits per heavy atom. The summed E-state index contributed by atoms with van der Waals surface area (Å²) in [4.78, 5) is 4.30. The van der Waals surface area contributed by atoms with E-state index in [-0.39, 0.29) is 0 Å². The van der Waals surface area contributed by atoms with Gasteiger partial charge in [0, 0.05) is 23.8 Å². The number of hydrogen-bond acceptors (Lipinski definition) is 3. The molecule has 0 amide bonds. The number of aromatic nitrogens is 1. The fraction of sp³-hybridized carbons (Fsp3) is 0.312. The first kappa shape index (κ1) is 14.8. The molecule has 0 aliphatic carbocycles. The molecule has 0 unspecified atom stereocenters. The zero-order valence-electron chi connectivity index (χ0n) is 11.8. The van der Waals surface area contributed by atoms with Gasteiger partial charge in [0.25, 0.3) is 0 Å². The molecule has 0 aliphatic heterocycles. The van der Waals surface area contributed by atoms with Crippen molar-refractivity contribution in [2.45, 2.75) is 20.4 Å². The molecule has 0 fully saturated rings. The molecule has 0 radical (unpaired) electrons. The third-order valence-corrected chi connectivity index (χ3v) is 2.93. The molecule has 3 nitrogen and oxygen atoms in total. The second-order valence-corrected chi connectivity index (χ2v) is 5.53. The minimum atomic E-state index is 0.569. The number of nitrogens with one attached hydrogen (secondary N) is 1. The normalized spacial score (nSPS) is 10.8. The molecular weight excluding hydrogens is 272 g/mol. The van der Waals surface area contributed by atoms with Crippen LogP contribution in [-0.4, -0.2) is 11.5 Å². The van der Waals surface area contributed by atoms with Gasteiger partial charge in [-0.05, 0) is 36.2 Å². The Balaban J connectivity index is 1.91. The van der Waals surface area contributed by atoms with Crippen molar-refractivity contribution in [1.82, 2.24) is 10.3 Å². The average Bonchev–Trinajstić information content (AvgIpc) is 2.40. The lowest BCUT2D eigenvalue weighted by atomic mass is 10.2. The van der Waals surface area contributed by atoms with Crippen molar-refractivity contribution in [1.29, 1.82) is 0 Å². The molecule has 0 atom stereocenters. The summed E-state index contributed by atoms with van der Waals surface area (Å²) < 4.78 is 5.64. The van der Waals surface area contributed by atoms with Gasteiger partial charge in [-0.2, -0.15) is 0 Å². The molecule has 2 aromatic rings. The van der Waals surface area contributed by atoms with Crippen molar-refractivity contribution in [3.63, 3.8) is 0 Å². The maximum Gasteiger partial charge on any atom is 0.219 e. The second kappa shape index (κ2) is 7.27. The highest BCUT2D eigenvalue weighted by molar-refractivity contribution is 6.30. The van der Waals surface area contributed by atoms with Crippen molar-refractivity contribution >= 4 is 11.6 Å². The number of ether oxygens (including phenoxy) is 1. The van der Waals surface area contributed by atoms with Crippen LogP contribution in [0.2, 0.25) is 5.02 Å². The quantitative estimate of drug-likeness (QED) is 0.862. The fourth-order valence-corrected chi connectivity index (χ4v) is 1.91. The second-order valence-electron chi connectivity index (χ2n) is 5.09. The van der Waals surface area contributed by atoms with Crippen LogP contribution in [0.5, 0.6) is 11.6 Å². The smallest absolute Gasteiger partial charge is 0.219 e. The van der Waals surface area contributed by atoms with Gasteiger partial charge in [-0.25, -0.2) is 4.98 Å². The third kappa shape index (κ3) is 4.83. The van der Waals surface area contributed by atoms with Crippen LogP contribution in [-0.2, 0) is 6.54 Å². The molecule has 1 heterocycles. The molecule has 0 saturated carbocycles. The third-order valence-electron chi connectivity index (χ3n) is 2.70. The van der Waals surface area contributed by atoms with Gasteiger partial charge in [-0.3, -0.25) is 0 Å². The first-order valence-corrected chi connectivity index (χ1v) is 7.10. The predicted molar refractivity (Wildman–Crippen MR) is 82.3 cm³/mol. The van der Waals surface area contributed by atoms with Gasteiger partial charge in [-0.15, -0.1) is 0 Å². The lowest BCUT2D eigenvalue weighted by Gasteiger charge is -2.08. The number of hydrogen-bond donors (Lipinski definition) is 1. The summed E-state index contributed by atoms with van der Waals surface area (Å²) in [5.74, 6) is 1.91. The Bertz CT molecular complexity index is 540. The highest BCUT2D eigenvalue weighted by Gasteiger charge is 2.01. The Morgan fingerprint density at radius 2 is 2.10 bits per heavy atom. The van der Waals surface area contributed by atoms with Gasteiger partial charge >= 0.3 is 0 Å². The molecule has 20 heavy (non-hydrogen) atoms. The largest absolute Gasteiger partial charge is 0.439 e. The van der Waals surface area contributed by atoms with Crippen LogP contribution >= 0.6 is 11.6 Å². The molecule has 0 saturated heterocycles. The molecule has 1 N–H and O–H groups in total. The molecule has 0 spiro atoms. The van der Waals surface area contributed by atoms with Crippen molar-refractivity contribution in [3.05, 3.63) is 53.2 Å². The van der Waals surface area contributed by atoms with Gasteiger partial charge in [0.2, 0.25) is 5.88 Å². The Labute approximate surface area is 124 Å². The summed E-state index contributed by atoms with van der Waals surface area (Å²) in [6.07, 6.45) is 1.83. The van der Waals surface area contributed by atoms with Crippen LogP contribution < -0.4 is 10.1 Å². The van der Waals surface area contributed by atoms with Gasteiger partial charge in [-0.1, -0.05) is 37.6 Å². The zero-order valence-corrected chi connectivity index (χ0v) is 12.5. The maximum absolute atomic E-state index is 5.91. The minimum Gasteiger partial charge on any atom is -0.439 e. The van der Waals surface area contributed by atoms with Crippen molar-refractivity contribution < 1.29 is 4.74 Å². The molecule has 106 valence electrons. The van der Waals surface area contributed by atoms with Crippen molar-refractivity contribution in [2.24, 2.45) is 5.92 Å². The molecule has 1 aromatic carbocycles. The van der Waals surface area contributed by atoms with E-state index in [0.29, 0.717) is 22.6 Å². The van der Waals surface area contributed by atoms with E-state index in [1.807, 2.05) is 36.5 Å². The van der Waals surface area contributed by atoms with E-state index in [1.54, 1.807) is 6.07 Å². The molecule has 2 rings (SSSR count). The summed E-state index contributed by atoms with van der Waals surface area (Å²) in [5, 5.41) is 4.03. The van der Waals surface area contributed by atoms with Crippen molar-refractivity contribution in [2.75, 3.05) is 6.54 Å². The summed E-state index contributed by atoms with van der Waals surface area (Å²) in [6, 6.07) is 11.2. The predicted octanol–water partition coefficient (Wildman–Crippen LogP) is 4.27. The zero-order chi connectivity index (χ0) is 14.4. The minimum absolute atomic E-state index is 0.569. The van der Waals surface area contributed by atoms with Crippen LogP contribution in [0.4, 0.5) is 0 Å². The van der Waals surface area contributed by atoms with E-state index in [1.165, 1.54) is 0 Å². The van der Waals surface area contributed by atoms with Crippen LogP contribution in [0, 0.1) is 5.92 Å².